The topological polar surface area (TPSA) is 54.4 Å². The summed E-state index contributed by atoms with van der Waals surface area (Å²) in [6, 6.07) is 3.65. The summed E-state index contributed by atoms with van der Waals surface area (Å²) >= 11 is 0. The molecule has 0 spiro atoms. The average Bonchev–Trinajstić information content (AvgIpc) is 2.78. The molecule has 3 aliphatic rings. The Bertz CT molecular complexity index is 690. The van der Waals surface area contributed by atoms with Crippen LogP contribution in [-0.2, 0) is 4.79 Å². The van der Waals surface area contributed by atoms with Crippen molar-refractivity contribution >= 4 is 11.6 Å². The first-order valence-corrected chi connectivity index (χ1v) is 8.32. The average molecular weight is 298 g/mol. The Morgan fingerprint density at radius 2 is 2.00 bits per heavy atom. The number of fused-ring (bicyclic) bond motifs is 5. The number of benzene rings is 1. The summed E-state index contributed by atoms with van der Waals surface area (Å²) in [5.74, 6) is 1.77. The summed E-state index contributed by atoms with van der Waals surface area (Å²) in [5.41, 5.74) is 2.45. The number of rotatable bonds is 0. The fourth-order valence-corrected chi connectivity index (χ4v) is 5.32. The van der Waals surface area contributed by atoms with Crippen molar-refractivity contribution in [2.45, 2.75) is 51.9 Å². The quantitative estimate of drug-likeness (QED) is 0.793. The van der Waals surface area contributed by atoms with Gasteiger partial charge in [-0.1, -0.05) is 13.0 Å². The molecule has 116 valence electrons. The number of Topliss-reactive ketones (excluding diaryl/α,β-unsaturated/α-hetero) is 2. The molecule has 0 saturated heterocycles. The monoisotopic (exact) mass is 298 g/mol. The van der Waals surface area contributed by atoms with Gasteiger partial charge in [0.25, 0.3) is 0 Å². The Morgan fingerprint density at radius 3 is 2.77 bits per heavy atom. The lowest BCUT2D eigenvalue weighted by Crippen LogP contribution is -2.43. The Labute approximate surface area is 130 Å². The van der Waals surface area contributed by atoms with Crippen LogP contribution < -0.4 is 0 Å². The Kier molecular flexibility index (Phi) is 2.82. The van der Waals surface area contributed by atoms with Crippen LogP contribution in [0.3, 0.4) is 0 Å². The molecular formula is C19H22O3. The molecule has 3 heteroatoms. The molecule has 0 unspecified atom stereocenters. The van der Waals surface area contributed by atoms with Crippen LogP contribution >= 0.6 is 0 Å². The standard InChI is InChI=1S/C19H22O3/c1-10-7-12-11-5-6-19(2)15(3-4-18(19)22)13(11)8-17(21)14(12)9-16(10)20/h7,9,11,13,15,20H,3-6,8H2,1-2H3/t11-,13-,15+,19+/m1/s1. The molecular weight excluding hydrogens is 276 g/mol. The minimum atomic E-state index is -0.203. The van der Waals surface area contributed by atoms with Crippen LogP contribution in [0.1, 0.15) is 66.4 Å². The molecule has 0 aliphatic heterocycles. The van der Waals surface area contributed by atoms with E-state index in [2.05, 4.69) is 6.92 Å². The fourth-order valence-electron chi connectivity index (χ4n) is 5.32. The minimum Gasteiger partial charge on any atom is -0.508 e. The van der Waals surface area contributed by atoms with Gasteiger partial charge >= 0.3 is 0 Å². The van der Waals surface area contributed by atoms with Crippen molar-refractivity contribution in [3.63, 3.8) is 0 Å². The van der Waals surface area contributed by atoms with E-state index in [0.29, 0.717) is 41.9 Å². The van der Waals surface area contributed by atoms with E-state index in [1.165, 1.54) is 0 Å². The maximum Gasteiger partial charge on any atom is 0.163 e. The van der Waals surface area contributed by atoms with Crippen molar-refractivity contribution in [2.24, 2.45) is 17.3 Å². The predicted octanol–water partition coefficient (Wildman–Crippen LogP) is 3.77. The molecule has 1 aromatic rings. The number of phenolic OH excluding ortho intramolecular Hbond substituents is 1. The first kappa shape index (κ1) is 14.0. The number of hydrogen-bond acceptors (Lipinski definition) is 3. The largest absolute Gasteiger partial charge is 0.508 e. The Balaban J connectivity index is 1.81. The van der Waals surface area contributed by atoms with Gasteiger partial charge in [-0.25, -0.2) is 0 Å². The summed E-state index contributed by atoms with van der Waals surface area (Å²) in [4.78, 5) is 24.9. The second kappa shape index (κ2) is 4.43. The van der Waals surface area contributed by atoms with Gasteiger partial charge in [-0.2, -0.15) is 0 Å². The van der Waals surface area contributed by atoms with E-state index >= 15 is 0 Å². The smallest absolute Gasteiger partial charge is 0.163 e. The highest BCUT2D eigenvalue weighted by molar-refractivity contribution is 6.00. The molecule has 22 heavy (non-hydrogen) atoms. The second-order valence-electron chi connectivity index (χ2n) is 7.65. The number of aryl methyl sites for hydroxylation is 1. The van der Waals surface area contributed by atoms with Crippen molar-refractivity contribution < 1.29 is 14.7 Å². The fraction of sp³-hybridized carbons (Fsp3) is 0.579. The summed E-state index contributed by atoms with van der Waals surface area (Å²) in [6.45, 7) is 4.00. The summed E-state index contributed by atoms with van der Waals surface area (Å²) in [5, 5.41) is 9.92. The maximum absolute atomic E-state index is 12.6. The van der Waals surface area contributed by atoms with Crippen LogP contribution in [0.15, 0.2) is 12.1 Å². The molecule has 0 heterocycles. The van der Waals surface area contributed by atoms with Crippen LogP contribution in [0.4, 0.5) is 0 Å². The molecule has 3 aliphatic carbocycles. The molecule has 3 nitrogen and oxygen atoms in total. The molecule has 2 fully saturated rings. The summed E-state index contributed by atoms with van der Waals surface area (Å²) < 4.78 is 0. The van der Waals surface area contributed by atoms with E-state index in [4.69, 9.17) is 0 Å². The highest BCUT2D eigenvalue weighted by atomic mass is 16.3. The van der Waals surface area contributed by atoms with Crippen LogP contribution in [0, 0.1) is 24.2 Å². The summed E-state index contributed by atoms with van der Waals surface area (Å²) in [7, 11) is 0. The number of aromatic hydroxyl groups is 1. The van der Waals surface area contributed by atoms with Crippen molar-refractivity contribution in [1.29, 1.82) is 0 Å². The zero-order valence-electron chi connectivity index (χ0n) is 13.2. The summed E-state index contributed by atoms with van der Waals surface area (Å²) in [6.07, 6.45) is 4.07. The van der Waals surface area contributed by atoms with E-state index < -0.39 is 0 Å². The van der Waals surface area contributed by atoms with Gasteiger partial charge in [0.05, 0.1) is 0 Å². The van der Waals surface area contributed by atoms with Gasteiger partial charge in [0.2, 0.25) is 0 Å². The zero-order valence-corrected chi connectivity index (χ0v) is 13.2. The third-order valence-corrected chi connectivity index (χ3v) is 6.64. The number of hydrogen-bond donors (Lipinski definition) is 1. The van der Waals surface area contributed by atoms with Gasteiger partial charge in [0, 0.05) is 23.8 Å². The van der Waals surface area contributed by atoms with Gasteiger partial charge in [-0.05, 0) is 61.1 Å². The molecule has 2 saturated carbocycles. The predicted molar refractivity (Wildman–Crippen MR) is 83.1 cm³/mol. The molecule has 0 aromatic heterocycles. The van der Waals surface area contributed by atoms with E-state index in [0.717, 1.165) is 30.4 Å². The van der Waals surface area contributed by atoms with Gasteiger partial charge < -0.3 is 5.11 Å². The third kappa shape index (κ3) is 1.68. The van der Waals surface area contributed by atoms with Crippen molar-refractivity contribution in [3.05, 3.63) is 28.8 Å². The van der Waals surface area contributed by atoms with Crippen molar-refractivity contribution in [3.8, 4) is 5.75 Å². The highest BCUT2D eigenvalue weighted by Gasteiger charge is 2.55. The lowest BCUT2D eigenvalue weighted by molar-refractivity contribution is -0.129. The van der Waals surface area contributed by atoms with E-state index in [1.54, 1.807) is 6.07 Å². The van der Waals surface area contributed by atoms with Crippen molar-refractivity contribution in [2.75, 3.05) is 0 Å². The Morgan fingerprint density at radius 1 is 1.23 bits per heavy atom. The molecule has 1 aromatic carbocycles. The van der Waals surface area contributed by atoms with Crippen LogP contribution in [-0.4, -0.2) is 16.7 Å². The first-order valence-electron chi connectivity index (χ1n) is 8.32. The molecule has 4 atom stereocenters. The van der Waals surface area contributed by atoms with Gasteiger partial charge in [0.15, 0.2) is 5.78 Å². The normalized spacial score (nSPS) is 36.7. The number of phenols is 1. The molecule has 0 amide bonds. The third-order valence-electron chi connectivity index (χ3n) is 6.64. The molecule has 4 rings (SSSR count). The second-order valence-corrected chi connectivity index (χ2v) is 7.65. The number of carbonyl (C=O) groups excluding carboxylic acids is 2. The number of carbonyl (C=O) groups is 2. The first-order chi connectivity index (χ1) is 10.4. The van der Waals surface area contributed by atoms with Crippen molar-refractivity contribution in [1.82, 2.24) is 0 Å². The van der Waals surface area contributed by atoms with Gasteiger partial charge in [0.1, 0.15) is 11.5 Å². The minimum absolute atomic E-state index is 0.134. The molecule has 1 N–H and O–H groups in total. The Hall–Kier alpha value is -1.64. The van der Waals surface area contributed by atoms with Crippen LogP contribution in [0.25, 0.3) is 0 Å². The van der Waals surface area contributed by atoms with Gasteiger partial charge in [-0.15, -0.1) is 0 Å². The van der Waals surface area contributed by atoms with Gasteiger partial charge in [-0.3, -0.25) is 9.59 Å². The SMILES string of the molecule is Cc1cc2c(cc1O)C(=O)C[C@@H]1[C@@H]2CC[C@]2(C)C(=O)CC[C@@H]12. The lowest BCUT2D eigenvalue weighted by atomic mass is 9.55. The van der Waals surface area contributed by atoms with Crippen LogP contribution in [0.5, 0.6) is 5.75 Å². The number of ketones is 2. The van der Waals surface area contributed by atoms with E-state index in [-0.39, 0.29) is 16.9 Å². The lowest BCUT2D eigenvalue weighted by Gasteiger charge is -2.47. The zero-order chi connectivity index (χ0) is 15.6. The highest BCUT2D eigenvalue weighted by Crippen LogP contribution is 2.59. The van der Waals surface area contributed by atoms with E-state index in [1.807, 2.05) is 13.0 Å². The van der Waals surface area contributed by atoms with Crippen LogP contribution in [0.2, 0.25) is 0 Å². The molecule has 0 radical (unpaired) electrons. The maximum atomic E-state index is 12.6. The molecule has 0 bridgehead atoms. The van der Waals surface area contributed by atoms with E-state index in [9.17, 15) is 14.7 Å².